The minimum atomic E-state index is -0.803. The molecule has 2 atom stereocenters. The minimum absolute atomic E-state index is 0.205. The molecular formula is C25H17BrO2. The van der Waals surface area contributed by atoms with Crippen molar-refractivity contribution in [1.82, 2.24) is 0 Å². The van der Waals surface area contributed by atoms with Gasteiger partial charge in [0.15, 0.2) is 0 Å². The second kappa shape index (κ2) is 5.86. The average molecular weight is 429 g/mol. The third-order valence-electron chi connectivity index (χ3n) is 5.86. The van der Waals surface area contributed by atoms with Crippen LogP contribution in [0.15, 0.2) is 89.4 Å². The summed E-state index contributed by atoms with van der Waals surface area (Å²) in [5.41, 5.74) is 3.52. The van der Waals surface area contributed by atoms with Gasteiger partial charge in [-0.1, -0.05) is 76.6 Å². The number of fused-ring (bicyclic) bond motifs is 8. The molecule has 0 aliphatic carbocycles. The molecule has 3 heteroatoms. The highest BCUT2D eigenvalue weighted by molar-refractivity contribution is 9.10. The summed E-state index contributed by atoms with van der Waals surface area (Å²) in [6.07, 6.45) is 0.751. The lowest BCUT2D eigenvalue weighted by Crippen LogP contribution is -2.46. The maximum absolute atomic E-state index is 6.64. The molecule has 28 heavy (non-hydrogen) atoms. The molecule has 2 heterocycles. The molecule has 2 aliphatic rings. The molecule has 2 nitrogen and oxygen atoms in total. The minimum Gasteiger partial charge on any atom is -0.448 e. The Hall–Kier alpha value is -2.78. The third kappa shape index (κ3) is 2.26. The van der Waals surface area contributed by atoms with E-state index >= 15 is 0 Å². The molecule has 0 amide bonds. The van der Waals surface area contributed by atoms with Crippen LogP contribution in [0.1, 0.15) is 29.0 Å². The maximum Gasteiger partial charge on any atom is 0.278 e. The first-order valence-electron chi connectivity index (χ1n) is 9.48. The fourth-order valence-corrected chi connectivity index (χ4v) is 5.01. The van der Waals surface area contributed by atoms with Gasteiger partial charge in [-0.3, -0.25) is 0 Å². The van der Waals surface area contributed by atoms with Crippen LogP contribution in [0.4, 0.5) is 0 Å². The van der Waals surface area contributed by atoms with Gasteiger partial charge in [0, 0.05) is 33.5 Å². The summed E-state index contributed by atoms with van der Waals surface area (Å²) >= 11 is 3.64. The fraction of sp³-hybridized carbons (Fsp3) is 0.120. The summed E-state index contributed by atoms with van der Waals surface area (Å²) in [7, 11) is 0. The topological polar surface area (TPSA) is 18.5 Å². The first-order valence-corrected chi connectivity index (χ1v) is 10.3. The van der Waals surface area contributed by atoms with E-state index in [-0.39, 0.29) is 5.92 Å². The second-order valence-electron chi connectivity index (χ2n) is 7.46. The largest absolute Gasteiger partial charge is 0.448 e. The second-order valence-corrected chi connectivity index (χ2v) is 8.38. The Morgan fingerprint density at radius 1 is 0.786 bits per heavy atom. The highest BCUT2D eigenvalue weighted by Gasteiger charge is 2.50. The number of halogens is 1. The van der Waals surface area contributed by atoms with Crippen molar-refractivity contribution in [3.05, 3.63) is 106 Å². The van der Waals surface area contributed by atoms with Gasteiger partial charge in [-0.25, -0.2) is 0 Å². The summed E-state index contributed by atoms with van der Waals surface area (Å²) in [6.45, 7) is 0. The molecule has 0 N–H and O–H groups in total. The lowest BCUT2D eigenvalue weighted by Gasteiger charge is -2.46. The Bertz CT molecular complexity index is 1220. The van der Waals surface area contributed by atoms with Crippen LogP contribution in [0.25, 0.3) is 10.8 Å². The quantitative estimate of drug-likeness (QED) is 0.333. The molecule has 4 aromatic rings. The van der Waals surface area contributed by atoms with E-state index in [0.29, 0.717) is 0 Å². The summed E-state index contributed by atoms with van der Waals surface area (Å²) in [4.78, 5) is 0. The van der Waals surface area contributed by atoms with Crippen molar-refractivity contribution in [3.63, 3.8) is 0 Å². The van der Waals surface area contributed by atoms with Crippen LogP contribution in [-0.4, -0.2) is 0 Å². The van der Waals surface area contributed by atoms with Gasteiger partial charge in [0.1, 0.15) is 11.5 Å². The van der Waals surface area contributed by atoms with Crippen molar-refractivity contribution in [1.29, 1.82) is 0 Å². The van der Waals surface area contributed by atoms with E-state index < -0.39 is 5.79 Å². The van der Waals surface area contributed by atoms with Gasteiger partial charge in [-0.2, -0.15) is 0 Å². The Balaban J connectivity index is 1.67. The molecule has 0 unspecified atom stereocenters. The number of benzene rings is 4. The summed E-state index contributed by atoms with van der Waals surface area (Å²) in [6, 6.07) is 29.3. The van der Waals surface area contributed by atoms with Crippen LogP contribution in [0.5, 0.6) is 11.5 Å². The molecule has 0 spiro atoms. The SMILES string of the molecule is Brc1ccc2c(c1)[C@@H]1C[C@](c3ccccc3)(O2)Oc2ccc3ccccc3c21. The first-order chi connectivity index (χ1) is 13.7. The van der Waals surface area contributed by atoms with Crippen LogP contribution >= 0.6 is 15.9 Å². The predicted molar refractivity (Wildman–Crippen MR) is 114 cm³/mol. The summed E-state index contributed by atoms with van der Waals surface area (Å²) in [5.74, 6) is 1.20. The van der Waals surface area contributed by atoms with Crippen LogP contribution in [0.3, 0.4) is 0 Å². The highest BCUT2D eigenvalue weighted by Crippen LogP contribution is 2.56. The van der Waals surface area contributed by atoms with Gasteiger partial charge in [0.05, 0.1) is 0 Å². The third-order valence-corrected chi connectivity index (χ3v) is 6.36. The molecule has 6 rings (SSSR count). The van der Waals surface area contributed by atoms with Gasteiger partial charge in [-0.15, -0.1) is 0 Å². The number of rotatable bonds is 1. The van der Waals surface area contributed by atoms with Gasteiger partial charge in [0.25, 0.3) is 5.79 Å². The van der Waals surface area contributed by atoms with Crippen molar-refractivity contribution >= 4 is 26.7 Å². The zero-order chi connectivity index (χ0) is 18.7. The highest BCUT2D eigenvalue weighted by atomic mass is 79.9. The smallest absolute Gasteiger partial charge is 0.278 e. The molecule has 0 fully saturated rings. The van der Waals surface area contributed by atoms with E-state index in [2.05, 4.69) is 70.5 Å². The maximum atomic E-state index is 6.64. The van der Waals surface area contributed by atoms with E-state index in [9.17, 15) is 0 Å². The van der Waals surface area contributed by atoms with Gasteiger partial charge >= 0.3 is 0 Å². The van der Waals surface area contributed by atoms with Crippen LogP contribution < -0.4 is 9.47 Å². The monoisotopic (exact) mass is 428 g/mol. The standard InChI is InChI=1S/C25H17BrO2/c26-18-11-13-22-20(14-18)21-15-25(27-22,17-7-2-1-3-8-17)28-23-12-10-16-6-4-5-9-19(16)24(21)23/h1-14,21H,15H2/t21-,25-/m0/s1. The Morgan fingerprint density at radius 2 is 1.54 bits per heavy atom. The van der Waals surface area contributed by atoms with Gasteiger partial charge in [0.2, 0.25) is 0 Å². The van der Waals surface area contributed by atoms with E-state index in [0.717, 1.165) is 28.0 Å². The number of ether oxygens (including phenoxy) is 2. The van der Waals surface area contributed by atoms with Crippen molar-refractivity contribution in [2.75, 3.05) is 0 Å². The van der Waals surface area contributed by atoms with Crippen molar-refractivity contribution in [3.8, 4) is 11.5 Å². The molecule has 0 saturated carbocycles. The lowest BCUT2D eigenvalue weighted by atomic mass is 9.77. The van der Waals surface area contributed by atoms with Crippen LogP contribution in [0.2, 0.25) is 0 Å². The summed E-state index contributed by atoms with van der Waals surface area (Å²) in [5, 5.41) is 2.49. The first kappa shape index (κ1) is 16.2. The average Bonchev–Trinajstić information content (AvgIpc) is 2.74. The molecular weight excluding hydrogens is 412 g/mol. The van der Waals surface area contributed by atoms with E-state index in [1.807, 2.05) is 30.3 Å². The van der Waals surface area contributed by atoms with Crippen LogP contribution in [0, 0.1) is 0 Å². The molecule has 0 radical (unpaired) electrons. The molecule has 0 aromatic heterocycles. The lowest BCUT2D eigenvalue weighted by molar-refractivity contribution is -0.148. The Labute approximate surface area is 171 Å². The zero-order valence-corrected chi connectivity index (χ0v) is 16.6. The molecule has 0 saturated heterocycles. The van der Waals surface area contributed by atoms with E-state index in [1.54, 1.807) is 0 Å². The van der Waals surface area contributed by atoms with E-state index in [4.69, 9.17) is 9.47 Å². The van der Waals surface area contributed by atoms with Crippen molar-refractivity contribution < 1.29 is 9.47 Å². The molecule has 136 valence electrons. The molecule has 2 aliphatic heterocycles. The zero-order valence-electron chi connectivity index (χ0n) is 15.1. The molecule has 2 bridgehead atoms. The van der Waals surface area contributed by atoms with Crippen molar-refractivity contribution in [2.45, 2.75) is 18.1 Å². The Morgan fingerprint density at radius 3 is 2.43 bits per heavy atom. The molecule has 4 aromatic carbocycles. The van der Waals surface area contributed by atoms with Gasteiger partial charge < -0.3 is 9.47 Å². The predicted octanol–water partition coefficient (Wildman–Crippen LogP) is 6.76. The van der Waals surface area contributed by atoms with Gasteiger partial charge in [-0.05, 0) is 35.0 Å². The number of hydrogen-bond donors (Lipinski definition) is 0. The van der Waals surface area contributed by atoms with Crippen molar-refractivity contribution in [2.24, 2.45) is 0 Å². The normalized spacial score (nSPS) is 22.0. The summed E-state index contributed by atoms with van der Waals surface area (Å²) < 4.78 is 14.3. The Kier molecular flexibility index (Phi) is 3.39. The van der Waals surface area contributed by atoms with Crippen LogP contribution in [-0.2, 0) is 5.79 Å². The van der Waals surface area contributed by atoms with E-state index in [1.165, 1.54) is 21.9 Å². The fourth-order valence-electron chi connectivity index (χ4n) is 4.63. The number of hydrogen-bond acceptors (Lipinski definition) is 2.